The van der Waals surface area contributed by atoms with Crippen LogP contribution in [0.1, 0.15) is 11.1 Å². The second kappa shape index (κ2) is 7.22. The molecule has 0 atom stereocenters. The van der Waals surface area contributed by atoms with E-state index in [1.165, 1.54) is 0 Å². The number of fused-ring (bicyclic) bond motifs is 1. The van der Waals surface area contributed by atoms with Crippen molar-refractivity contribution in [3.8, 4) is 11.5 Å². The van der Waals surface area contributed by atoms with E-state index in [1.54, 1.807) is 11.0 Å². The molecule has 0 saturated carbocycles. The lowest BCUT2D eigenvalue weighted by atomic mass is 10.1. The van der Waals surface area contributed by atoms with Gasteiger partial charge in [-0.2, -0.15) is 0 Å². The molecule has 29 heavy (non-hydrogen) atoms. The predicted molar refractivity (Wildman–Crippen MR) is 115 cm³/mol. The minimum Gasteiger partial charge on any atom is -0.454 e. The smallest absolute Gasteiger partial charge is 0.282 e. The number of amidine groups is 1. The zero-order chi connectivity index (χ0) is 19.8. The number of carbonyl (C=O) groups is 1. The Hall–Kier alpha value is -3.38. The molecule has 0 aliphatic carbocycles. The third-order valence-electron chi connectivity index (χ3n) is 4.66. The Morgan fingerprint density at radius 1 is 0.931 bits per heavy atom. The summed E-state index contributed by atoms with van der Waals surface area (Å²) < 4.78 is 11.7. The summed E-state index contributed by atoms with van der Waals surface area (Å²) in [6, 6.07) is 22.9. The van der Waals surface area contributed by atoms with E-state index < -0.39 is 0 Å². The van der Waals surface area contributed by atoms with Crippen LogP contribution in [0.15, 0.2) is 88.0 Å². The van der Waals surface area contributed by atoms with Crippen LogP contribution in [0.2, 0.25) is 0 Å². The van der Waals surface area contributed by atoms with E-state index in [-0.39, 0.29) is 12.7 Å². The molecule has 0 saturated heterocycles. The summed E-state index contributed by atoms with van der Waals surface area (Å²) in [5.74, 6) is 1.79. The summed E-state index contributed by atoms with van der Waals surface area (Å²) in [7, 11) is 0. The van der Waals surface area contributed by atoms with E-state index >= 15 is 0 Å². The fourth-order valence-corrected chi connectivity index (χ4v) is 3.70. The fourth-order valence-electron chi connectivity index (χ4n) is 3.31. The van der Waals surface area contributed by atoms with E-state index in [9.17, 15) is 4.79 Å². The van der Waals surface area contributed by atoms with Gasteiger partial charge in [0.15, 0.2) is 11.5 Å². The Morgan fingerprint density at radius 2 is 1.76 bits per heavy atom. The van der Waals surface area contributed by atoms with Crippen LogP contribution < -0.4 is 14.4 Å². The number of amides is 1. The van der Waals surface area contributed by atoms with Crippen LogP contribution in [-0.4, -0.2) is 18.5 Å². The number of ether oxygens (including phenoxy) is 2. The normalized spacial score (nSPS) is 16.4. The Kier molecular flexibility index (Phi) is 4.41. The highest BCUT2D eigenvalue weighted by molar-refractivity contribution is 9.10. The molecular weight excluding hydrogens is 432 g/mol. The van der Waals surface area contributed by atoms with Crippen LogP contribution >= 0.6 is 15.9 Å². The first-order valence-corrected chi connectivity index (χ1v) is 9.84. The van der Waals surface area contributed by atoms with Crippen LogP contribution in [0.3, 0.4) is 0 Å². The van der Waals surface area contributed by atoms with Crippen molar-refractivity contribution in [3.05, 3.63) is 94.1 Å². The van der Waals surface area contributed by atoms with Gasteiger partial charge in [0.05, 0.1) is 5.69 Å². The molecule has 3 aromatic carbocycles. The van der Waals surface area contributed by atoms with Gasteiger partial charge in [-0.1, -0.05) is 58.4 Å². The van der Waals surface area contributed by atoms with E-state index in [2.05, 4.69) is 20.9 Å². The highest BCUT2D eigenvalue weighted by Crippen LogP contribution is 2.34. The third kappa shape index (κ3) is 3.32. The van der Waals surface area contributed by atoms with Gasteiger partial charge in [0.25, 0.3) is 5.91 Å². The van der Waals surface area contributed by atoms with Gasteiger partial charge < -0.3 is 9.47 Å². The number of hydrogen-bond donors (Lipinski definition) is 0. The number of anilines is 1. The molecule has 2 heterocycles. The zero-order valence-corrected chi connectivity index (χ0v) is 16.8. The number of hydrogen-bond acceptors (Lipinski definition) is 4. The van der Waals surface area contributed by atoms with Gasteiger partial charge in [-0.25, -0.2) is 4.99 Å². The monoisotopic (exact) mass is 446 g/mol. The van der Waals surface area contributed by atoms with E-state index in [1.807, 2.05) is 72.8 Å². The van der Waals surface area contributed by atoms with E-state index in [0.717, 1.165) is 21.3 Å². The molecule has 0 N–H and O–H groups in total. The van der Waals surface area contributed by atoms with Crippen LogP contribution in [0.4, 0.5) is 5.69 Å². The molecule has 0 unspecified atom stereocenters. The van der Waals surface area contributed by atoms with Crippen molar-refractivity contribution in [2.75, 3.05) is 11.7 Å². The van der Waals surface area contributed by atoms with Crippen molar-refractivity contribution in [3.63, 3.8) is 0 Å². The lowest BCUT2D eigenvalue weighted by Crippen LogP contribution is -2.32. The summed E-state index contributed by atoms with van der Waals surface area (Å²) >= 11 is 3.48. The lowest BCUT2D eigenvalue weighted by molar-refractivity contribution is -0.113. The molecule has 3 aromatic rings. The summed E-state index contributed by atoms with van der Waals surface area (Å²) in [4.78, 5) is 19.6. The molecule has 0 aromatic heterocycles. The Balaban J connectivity index is 1.60. The molecule has 0 spiro atoms. The van der Waals surface area contributed by atoms with Gasteiger partial charge in [-0.15, -0.1) is 0 Å². The topological polar surface area (TPSA) is 51.1 Å². The van der Waals surface area contributed by atoms with Crippen LogP contribution in [0.25, 0.3) is 6.08 Å². The van der Waals surface area contributed by atoms with Gasteiger partial charge in [0.2, 0.25) is 6.79 Å². The van der Waals surface area contributed by atoms with Gasteiger partial charge >= 0.3 is 0 Å². The molecule has 6 heteroatoms. The number of halogens is 1. The first-order valence-electron chi connectivity index (χ1n) is 9.04. The standard InChI is InChI=1S/C23H15BrN2O3/c24-17-7-4-8-18(13-17)26-22(16-5-2-1-3-6-16)25-19(23(26)27)11-15-9-10-20-21(12-15)29-14-28-20/h1-13H,14H2/b19-11+. The molecule has 2 aliphatic heterocycles. The molecule has 0 radical (unpaired) electrons. The molecule has 5 rings (SSSR count). The van der Waals surface area contributed by atoms with Crippen LogP contribution in [0.5, 0.6) is 11.5 Å². The number of rotatable bonds is 3. The number of benzene rings is 3. The first kappa shape index (κ1) is 17.7. The number of carbonyl (C=O) groups excluding carboxylic acids is 1. The molecule has 0 fully saturated rings. The van der Waals surface area contributed by atoms with Crippen molar-refractivity contribution < 1.29 is 14.3 Å². The second-order valence-corrected chi connectivity index (χ2v) is 7.48. The predicted octanol–water partition coefficient (Wildman–Crippen LogP) is 5.01. The quantitative estimate of drug-likeness (QED) is 0.531. The largest absolute Gasteiger partial charge is 0.454 e. The molecule has 1 amide bonds. The van der Waals surface area contributed by atoms with E-state index in [0.29, 0.717) is 23.0 Å². The van der Waals surface area contributed by atoms with Crippen molar-refractivity contribution >= 4 is 39.4 Å². The molecule has 5 nitrogen and oxygen atoms in total. The van der Waals surface area contributed by atoms with Gasteiger partial charge in [-0.05, 0) is 42.0 Å². The molecular formula is C23H15BrN2O3. The first-order chi connectivity index (χ1) is 14.2. The molecule has 0 bridgehead atoms. The maximum atomic E-state index is 13.3. The summed E-state index contributed by atoms with van der Waals surface area (Å²) in [6.07, 6.45) is 1.77. The fraction of sp³-hybridized carbons (Fsp3) is 0.0435. The molecule has 2 aliphatic rings. The maximum Gasteiger partial charge on any atom is 0.282 e. The van der Waals surface area contributed by atoms with Crippen molar-refractivity contribution in [2.24, 2.45) is 4.99 Å². The zero-order valence-electron chi connectivity index (χ0n) is 15.2. The lowest BCUT2D eigenvalue weighted by Gasteiger charge is -2.18. The Labute approximate surface area is 176 Å². The minimum atomic E-state index is -0.181. The second-order valence-electron chi connectivity index (χ2n) is 6.56. The Morgan fingerprint density at radius 3 is 2.59 bits per heavy atom. The molecule has 142 valence electrons. The summed E-state index contributed by atoms with van der Waals surface area (Å²) in [5, 5.41) is 0. The average molecular weight is 447 g/mol. The maximum absolute atomic E-state index is 13.3. The van der Waals surface area contributed by atoms with Gasteiger partial charge in [0.1, 0.15) is 11.5 Å². The number of aliphatic imine (C=N–C) groups is 1. The average Bonchev–Trinajstić information content (AvgIpc) is 3.33. The third-order valence-corrected chi connectivity index (χ3v) is 5.15. The Bertz CT molecular complexity index is 1170. The highest BCUT2D eigenvalue weighted by Gasteiger charge is 2.32. The van der Waals surface area contributed by atoms with Crippen molar-refractivity contribution in [1.29, 1.82) is 0 Å². The van der Waals surface area contributed by atoms with Gasteiger partial charge in [0, 0.05) is 10.0 Å². The van der Waals surface area contributed by atoms with Crippen molar-refractivity contribution in [2.45, 2.75) is 0 Å². The SMILES string of the molecule is O=C1/C(=C\c2ccc3c(c2)OCO3)N=C(c2ccccc2)N1c1cccc(Br)c1. The van der Waals surface area contributed by atoms with E-state index in [4.69, 9.17) is 9.47 Å². The van der Waals surface area contributed by atoms with Crippen LogP contribution in [-0.2, 0) is 4.79 Å². The number of nitrogens with zero attached hydrogens (tertiary/aromatic N) is 2. The minimum absolute atomic E-state index is 0.181. The van der Waals surface area contributed by atoms with Gasteiger partial charge in [-0.3, -0.25) is 9.69 Å². The highest BCUT2D eigenvalue weighted by atomic mass is 79.9. The van der Waals surface area contributed by atoms with Crippen LogP contribution in [0, 0.1) is 0 Å². The van der Waals surface area contributed by atoms with Crippen molar-refractivity contribution in [1.82, 2.24) is 0 Å². The summed E-state index contributed by atoms with van der Waals surface area (Å²) in [5.41, 5.74) is 2.81. The summed E-state index contributed by atoms with van der Waals surface area (Å²) in [6.45, 7) is 0.210.